The number of amides is 1. The van der Waals surface area contributed by atoms with Gasteiger partial charge in [0.2, 0.25) is 5.91 Å². The van der Waals surface area contributed by atoms with E-state index in [9.17, 15) is 14.4 Å². The van der Waals surface area contributed by atoms with E-state index < -0.39 is 19.3 Å². The molecule has 77 heavy (non-hydrogen) atoms. The average molecular weight is 1100 g/mol. The molecule has 0 aromatic heterocycles. The standard InChI is InChI=1S/C25H25O3P.C10H17NOS.C8H14.C7H14.C6H12.C6H10.C5H12.C2H6.CH4/c1-25(2,3)23(26)18-15-16-21(24(27)28-4)22(17-18)29(19-11-7-5-8-12-19)20-13-9-6-10-14-20;1-10(2,3)9-8-6(5-13-9)4-7(12)11-8;1-5-6-7-8(2,3)4;1-5-6-7(2,3)4;2*1-5-6(2,3)4;1-5(2,3)4;1-2;/h5-17H,1-4H3;6,8-9H,4-5H2,1-3H3,(H,11,12);5-7H,1H2,2-4H3;5-6H,1-4H3;5H,1H2,2-4H3;1H,2-4H3;1-4H3;1-2H3;1H4/b;;7-6-;;;;;;. The molecule has 2 aliphatic rings. The number of nitrogens with one attached hydrogen (secondary N) is 1. The molecule has 0 saturated carbocycles. The number of hydrogen-bond donors (Lipinski definition) is 1. The number of terminal acetylenes is 1. The van der Waals surface area contributed by atoms with Crippen molar-refractivity contribution in [3.63, 3.8) is 0 Å². The number of methoxy groups -OCH3 is 1. The summed E-state index contributed by atoms with van der Waals surface area (Å²) in [6.45, 7) is 59.9. The largest absolute Gasteiger partial charge is 0.465 e. The Balaban J connectivity index is -0.000000460. The lowest BCUT2D eigenvalue weighted by Crippen LogP contribution is -2.41. The minimum absolute atomic E-state index is 0. The Morgan fingerprint density at radius 1 is 0.714 bits per heavy atom. The van der Waals surface area contributed by atoms with E-state index in [0.29, 0.717) is 55.4 Å². The predicted octanol–water partition coefficient (Wildman–Crippen LogP) is 19.1. The molecular formula is C70H114NO4PS. The lowest BCUT2D eigenvalue weighted by Gasteiger charge is -2.30. The summed E-state index contributed by atoms with van der Waals surface area (Å²) >= 11 is 2.03. The van der Waals surface area contributed by atoms with Crippen molar-refractivity contribution in [2.45, 2.75) is 198 Å². The van der Waals surface area contributed by atoms with E-state index in [4.69, 9.17) is 11.2 Å². The minimum Gasteiger partial charge on any atom is -0.465 e. The van der Waals surface area contributed by atoms with Crippen LogP contribution in [0.5, 0.6) is 0 Å². The highest BCUT2D eigenvalue weighted by Gasteiger charge is 2.47. The smallest absolute Gasteiger partial charge is 0.338 e. The molecule has 0 bridgehead atoms. The zero-order chi connectivity index (χ0) is 60.1. The van der Waals surface area contributed by atoms with Crippen molar-refractivity contribution in [1.82, 2.24) is 5.32 Å². The van der Waals surface area contributed by atoms with Crippen LogP contribution in [-0.2, 0) is 9.53 Å². The number of ketones is 1. The van der Waals surface area contributed by atoms with Crippen LogP contribution in [-0.4, -0.2) is 41.8 Å². The second-order valence-electron chi connectivity index (χ2n) is 26.8. The molecule has 3 aromatic carbocycles. The van der Waals surface area contributed by atoms with Gasteiger partial charge in [-0.3, -0.25) is 9.59 Å². The van der Waals surface area contributed by atoms with Crippen molar-refractivity contribution in [2.24, 2.45) is 43.8 Å². The van der Waals surface area contributed by atoms with Gasteiger partial charge in [0.1, 0.15) is 0 Å². The van der Waals surface area contributed by atoms with Crippen LogP contribution >= 0.6 is 19.7 Å². The highest BCUT2D eigenvalue weighted by molar-refractivity contribution is 8.00. The minimum atomic E-state index is -1.03. The molecule has 2 heterocycles. The molecule has 1 N–H and O–H groups in total. The monoisotopic (exact) mass is 1100 g/mol. The van der Waals surface area contributed by atoms with Gasteiger partial charge >= 0.3 is 5.97 Å². The van der Waals surface area contributed by atoms with Gasteiger partial charge in [-0.2, -0.15) is 11.8 Å². The number of Topliss-reactive ketones (excluding diaryl/α,β-unsaturated/α-hetero) is 1. The Hall–Kier alpha value is -4.43. The Kier molecular flexibility index (Phi) is 37.7. The van der Waals surface area contributed by atoms with Crippen molar-refractivity contribution in [2.75, 3.05) is 12.9 Å². The number of thioether (sulfide) groups is 1. The van der Waals surface area contributed by atoms with E-state index in [1.165, 1.54) is 7.11 Å². The van der Waals surface area contributed by atoms with Gasteiger partial charge in [-0.15, -0.1) is 18.9 Å². The Morgan fingerprint density at radius 3 is 1.42 bits per heavy atom. The van der Waals surface area contributed by atoms with Gasteiger partial charge in [0.25, 0.3) is 0 Å². The van der Waals surface area contributed by atoms with Gasteiger partial charge in [-0.05, 0) is 97.1 Å². The van der Waals surface area contributed by atoms with Gasteiger partial charge in [-0.1, -0.05) is 263 Å². The molecule has 1 amide bonds. The molecule has 2 fully saturated rings. The van der Waals surface area contributed by atoms with Gasteiger partial charge in [0.15, 0.2) is 5.78 Å². The summed E-state index contributed by atoms with van der Waals surface area (Å²) in [5.41, 5.74) is 2.45. The molecule has 5 nitrogen and oxygen atoms in total. The molecule has 0 aliphatic carbocycles. The summed E-state index contributed by atoms with van der Waals surface area (Å²) in [7, 11) is 0.348. The van der Waals surface area contributed by atoms with Crippen LogP contribution in [0.15, 0.2) is 128 Å². The van der Waals surface area contributed by atoms with Crippen LogP contribution in [0.25, 0.3) is 0 Å². The summed E-state index contributed by atoms with van der Waals surface area (Å²) in [4.78, 5) is 36.7. The van der Waals surface area contributed by atoms with Crippen LogP contribution < -0.4 is 21.2 Å². The van der Waals surface area contributed by atoms with Crippen molar-refractivity contribution in [3.8, 4) is 12.3 Å². The van der Waals surface area contributed by atoms with Crippen molar-refractivity contribution < 1.29 is 19.1 Å². The van der Waals surface area contributed by atoms with E-state index in [1.807, 2.05) is 129 Å². The third kappa shape index (κ3) is 38.7. The van der Waals surface area contributed by atoms with Crippen LogP contribution in [0.4, 0.5) is 0 Å². The summed E-state index contributed by atoms with van der Waals surface area (Å²) in [5, 5.41) is 6.77. The number of fused-ring (bicyclic) bond motifs is 1. The second-order valence-corrected chi connectivity index (χ2v) is 30.1. The Bertz CT molecular complexity index is 2190. The number of hydrogen-bond acceptors (Lipinski definition) is 5. The van der Waals surface area contributed by atoms with E-state index in [-0.39, 0.29) is 24.5 Å². The van der Waals surface area contributed by atoms with Crippen molar-refractivity contribution in [3.05, 3.63) is 140 Å². The molecule has 3 atom stereocenters. The number of rotatable bonds is 6. The van der Waals surface area contributed by atoms with Crippen LogP contribution in [0.3, 0.4) is 0 Å². The first-order chi connectivity index (χ1) is 34.5. The van der Waals surface area contributed by atoms with Crippen molar-refractivity contribution >= 4 is 53.3 Å². The van der Waals surface area contributed by atoms with Crippen LogP contribution in [0.1, 0.15) is 208 Å². The summed E-state index contributed by atoms with van der Waals surface area (Å²) in [6.07, 6.45) is 17.9. The first-order valence-corrected chi connectivity index (χ1v) is 29.6. The average Bonchev–Trinajstić information content (AvgIpc) is 3.87. The van der Waals surface area contributed by atoms with Crippen LogP contribution in [0.2, 0.25) is 0 Å². The number of carbonyl (C=O) groups is 3. The van der Waals surface area contributed by atoms with Gasteiger partial charge in [-0.25, -0.2) is 4.79 Å². The van der Waals surface area contributed by atoms with Crippen molar-refractivity contribution in [1.29, 1.82) is 0 Å². The molecule has 2 saturated heterocycles. The lowest BCUT2D eigenvalue weighted by atomic mass is 9.84. The third-order valence-electron chi connectivity index (χ3n) is 10.0. The number of allylic oxidation sites excluding steroid dienone is 6. The molecule has 5 rings (SSSR count). The van der Waals surface area contributed by atoms with E-state index in [1.54, 1.807) is 18.2 Å². The fraction of sp³-hybridized carbons (Fsp3) is 0.557. The molecule has 7 heteroatoms. The molecule has 0 spiro atoms. The lowest BCUT2D eigenvalue weighted by molar-refractivity contribution is -0.119. The SMILES string of the molecule is C.C#CC(C)(C)C.C=C/C=C\C(C)(C)C.C=CC(C)(C)C.CC.CC(C)(C)C.CC(C)(C)C1SCC2CC(=O)NC21.CC=CC(C)(C)C.COC(=O)c1ccc(C(=O)C(C)(C)C)cc1P(c1ccccc1)c1ccccc1. The van der Waals surface area contributed by atoms with Gasteiger partial charge < -0.3 is 10.1 Å². The predicted molar refractivity (Wildman–Crippen MR) is 350 cm³/mol. The Morgan fingerprint density at radius 2 is 1.13 bits per heavy atom. The fourth-order valence-corrected chi connectivity index (χ4v) is 10.6. The number of benzene rings is 3. The Labute approximate surface area is 482 Å². The zero-order valence-corrected chi connectivity index (χ0v) is 54.8. The zero-order valence-electron chi connectivity index (χ0n) is 53.1. The maximum atomic E-state index is 13.0. The topological polar surface area (TPSA) is 72.5 Å². The summed E-state index contributed by atoms with van der Waals surface area (Å²) in [5.74, 6) is 4.27. The quantitative estimate of drug-likeness (QED) is 0.0665. The normalized spacial score (nSPS) is 15.9. The first kappa shape index (κ1) is 79.1. The summed E-state index contributed by atoms with van der Waals surface area (Å²) < 4.78 is 5.05. The number of carbonyl (C=O) groups excluding carboxylic acids is 3. The summed E-state index contributed by atoms with van der Waals surface area (Å²) in [6, 6.07) is 26.0. The fourth-order valence-electron chi connectivity index (χ4n) is 6.34. The van der Waals surface area contributed by atoms with Gasteiger partial charge in [0, 0.05) is 39.4 Å². The third-order valence-corrected chi connectivity index (χ3v) is 14.5. The highest BCUT2D eigenvalue weighted by Crippen LogP contribution is 2.45. The van der Waals surface area contributed by atoms with Gasteiger partial charge in [0.05, 0.1) is 12.7 Å². The first-order valence-electron chi connectivity index (χ1n) is 27.2. The highest BCUT2D eigenvalue weighted by atomic mass is 32.2. The van der Waals surface area contributed by atoms with Crippen LogP contribution in [0, 0.1) is 56.2 Å². The molecule has 2 aliphatic heterocycles. The molecule has 3 aromatic rings. The molecule has 434 valence electrons. The molecule has 0 radical (unpaired) electrons. The maximum Gasteiger partial charge on any atom is 0.338 e. The second kappa shape index (κ2) is 36.7. The number of ether oxygens (including phenoxy) is 1. The van der Waals surface area contributed by atoms with E-state index in [2.05, 4.69) is 178 Å². The number of esters is 1. The maximum absolute atomic E-state index is 13.0. The van der Waals surface area contributed by atoms with E-state index >= 15 is 0 Å². The molecule has 3 unspecified atom stereocenters. The van der Waals surface area contributed by atoms with E-state index in [0.717, 1.165) is 28.1 Å². The molecular weight excluding hydrogens is 982 g/mol.